The van der Waals surface area contributed by atoms with Gasteiger partial charge in [0.1, 0.15) is 5.82 Å². The van der Waals surface area contributed by atoms with E-state index >= 15 is 0 Å². The van der Waals surface area contributed by atoms with Crippen LogP contribution in [0.15, 0.2) is 24.3 Å². The van der Waals surface area contributed by atoms with Crippen molar-refractivity contribution in [3.8, 4) is 0 Å². The summed E-state index contributed by atoms with van der Waals surface area (Å²) >= 11 is 2.11. The Morgan fingerprint density at radius 3 is 2.81 bits per heavy atom. The second kappa shape index (κ2) is 6.84. The predicted molar refractivity (Wildman–Crippen MR) is 91.9 cm³/mol. The molecule has 1 aliphatic heterocycles. The lowest BCUT2D eigenvalue weighted by Crippen LogP contribution is -2.32. The highest BCUT2D eigenvalue weighted by molar-refractivity contribution is 7.99. The number of imidazole rings is 1. The molecule has 1 N–H and O–H groups in total. The van der Waals surface area contributed by atoms with Crippen LogP contribution >= 0.6 is 11.8 Å². The van der Waals surface area contributed by atoms with Gasteiger partial charge in [0.2, 0.25) is 0 Å². The predicted octanol–water partition coefficient (Wildman–Crippen LogP) is 3.24. The highest BCUT2D eigenvalue weighted by Crippen LogP contribution is 2.27. The maximum absolute atomic E-state index is 4.81. The standard InChI is InChI=1S/C17H25N3S/c1-18-14(11-13-7-9-21-10-8-13)12-17-19-15-5-3-4-6-16(15)20(17)2/h3-6,13-14,18H,7-12H2,1-2H3. The van der Waals surface area contributed by atoms with E-state index in [0.717, 1.165) is 17.9 Å². The zero-order valence-corrected chi connectivity index (χ0v) is 13.8. The molecule has 0 spiro atoms. The summed E-state index contributed by atoms with van der Waals surface area (Å²) in [5, 5.41) is 3.51. The van der Waals surface area contributed by atoms with Crippen LogP contribution in [-0.2, 0) is 13.5 Å². The van der Waals surface area contributed by atoms with Crippen molar-refractivity contribution in [2.45, 2.75) is 31.7 Å². The van der Waals surface area contributed by atoms with Crippen molar-refractivity contribution >= 4 is 22.8 Å². The van der Waals surface area contributed by atoms with E-state index in [1.165, 1.54) is 42.1 Å². The van der Waals surface area contributed by atoms with E-state index in [1.54, 1.807) is 0 Å². The van der Waals surface area contributed by atoms with Gasteiger partial charge in [-0.3, -0.25) is 0 Å². The quantitative estimate of drug-likeness (QED) is 0.919. The average molecular weight is 303 g/mol. The van der Waals surface area contributed by atoms with Crippen LogP contribution in [0.3, 0.4) is 0 Å². The van der Waals surface area contributed by atoms with Crippen molar-refractivity contribution in [2.75, 3.05) is 18.6 Å². The summed E-state index contributed by atoms with van der Waals surface area (Å²) in [6.07, 6.45) is 5.06. The van der Waals surface area contributed by atoms with E-state index in [4.69, 9.17) is 4.98 Å². The van der Waals surface area contributed by atoms with Gasteiger partial charge in [0.05, 0.1) is 11.0 Å². The molecule has 2 aromatic rings. The van der Waals surface area contributed by atoms with Crippen LogP contribution in [0.25, 0.3) is 11.0 Å². The van der Waals surface area contributed by atoms with E-state index in [9.17, 15) is 0 Å². The van der Waals surface area contributed by atoms with Crippen LogP contribution in [-0.4, -0.2) is 34.1 Å². The number of benzene rings is 1. The van der Waals surface area contributed by atoms with Crippen LogP contribution in [0, 0.1) is 5.92 Å². The average Bonchev–Trinajstić information content (AvgIpc) is 2.84. The third kappa shape index (κ3) is 3.43. The zero-order chi connectivity index (χ0) is 14.7. The largest absolute Gasteiger partial charge is 0.331 e. The van der Waals surface area contributed by atoms with Gasteiger partial charge in [-0.2, -0.15) is 11.8 Å². The second-order valence-corrected chi connectivity index (χ2v) is 7.28. The molecule has 4 heteroatoms. The Kier molecular flexibility index (Phi) is 4.86. The molecule has 3 nitrogen and oxygen atoms in total. The molecule has 0 radical (unpaired) electrons. The summed E-state index contributed by atoms with van der Waals surface area (Å²) in [4.78, 5) is 4.81. The van der Waals surface area contributed by atoms with Crippen LogP contribution < -0.4 is 5.32 Å². The first-order valence-electron chi connectivity index (χ1n) is 7.93. The SMILES string of the molecule is CNC(Cc1nc2ccccc2n1C)CC1CCSCC1. The Hall–Kier alpha value is -1.000. The number of hydrogen-bond acceptors (Lipinski definition) is 3. The topological polar surface area (TPSA) is 29.9 Å². The van der Waals surface area contributed by atoms with Gasteiger partial charge in [0.15, 0.2) is 0 Å². The summed E-state index contributed by atoms with van der Waals surface area (Å²) < 4.78 is 2.25. The minimum atomic E-state index is 0.536. The van der Waals surface area contributed by atoms with Crippen LogP contribution in [0.5, 0.6) is 0 Å². The second-order valence-electron chi connectivity index (χ2n) is 6.06. The Labute approximate surface area is 131 Å². The third-order valence-corrected chi connectivity index (χ3v) is 5.72. The van der Waals surface area contributed by atoms with Crippen molar-refractivity contribution in [1.82, 2.24) is 14.9 Å². The number of thioether (sulfide) groups is 1. The summed E-state index contributed by atoms with van der Waals surface area (Å²) in [5.74, 6) is 4.76. The molecule has 0 bridgehead atoms. The van der Waals surface area contributed by atoms with Crippen LogP contribution in [0.2, 0.25) is 0 Å². The smallest absolute Gasteiger partial charge is 0.111 e. The van der Waals surface area contributed by atoms with Crippen molar-refractivity contribution in [1.29, 1.82) is 0 Å². The molecule has 0 saturated carbocycles. The number of hydrogen-bond donors (Lipinski definition) is 1. The lowest BCUT2D eigenvalue weighted by molar-refractivity contribution is 0.371. The molecular weight excluding hydrogens is 278 g/mol. The van der Waals surface area contributed by atoms with E-state index < -0.39 is 0 Å². The molecule has 3 rings (SSSR count). The first-order valence-corrected chi connectivity index (χ1v) is 9.08. The molecule has 1 fully saturated rings. The summed E-state index contributed by atoms with van der Waals surface area (Å²) in [7, 11) is 4.22. The minimum absolute atomic E-state index is 0.536. The Bertz CT molecular complexity index is 587. The normalized spacial score (nSPS) is 18.2. The Morgan fingerprint density at radius 2 is 2.10 bits per heavy atom. The van der Waals surface area contributed by atoms with E-state index in [2.05, 4.69) is 60.0 Å². The summed E-state index contributed by atoms with van der Waals surface area (Å²) in [6.45, 7) is 0. The number of fused-ring (bicyclic) bond motifs is 1. The van der Waals surface area contributed by atoms with Crippen molar-refractivity contribution in [3.63, 3.8) is 0 Å². The number of aryl methyl sites for hydroxylation is 1. The van der Waals surface area contributed by atoms with Gasteiger partial charge >= 0.3 is 0 Å². The van der Waals surface area contributed by atoms with Gasteiger partial charge in [-0.1, -0.05) is 12.1 Å². The summed E-state index contributed by atoms with van der Waals surface area (Å²) in [6, 6.07) is 8.94. The van der Waals surface area contributed by atoms with Crippen LogP contribution in [0.1, 0.15) is 25.1 Å². The molecule has 2 heterocycles. The lowest BCUT2D eigenvalue weighted by Gasteiger charge is -2.26. The van der Waals surface area contributed by atoms with Gasteiger partial charge in [-0.15, -0.1) is 0 Å². The molecule has 1 aromatic heterocycles. The van der Waals surface area contributed by atoms with E-state index in [0.29, 0.717) is 6.04 Å². The molecule has 0 amide bonds. The minimum Gasteiger partial charge on any atom is -0.331 e. The fourth-order valence-electron chi connectivity index (χ4n) is 3.29. The molecule has 1 aliphatic rings. The van der Waals surface area contributed by atoms with E-state index in [1.807, 2.05) is 0 Å². The van der Waals surface area contributed by atoms with Crippen LogP contribution in [0.4, 0.5) is 0 Å². The molecule has 1 saturated heterocycles. The van der Waals surface area contributed by atoms with Gasteiger partial charge in [-0.05, 0) is 55.9 Å². The number of nitrogens with one attached hydrogen (secondary N) is 1. The van der Waals surface area contributed by atoms with Gasteiger partial charge < -0.3 is 9.88 Å². The molecular formula is C17H25N3S. The number of likely N-dealkylation sites (N-methyl/N-ethyl adjacent to an activating group) is 1. The van der Waals surface area contributed by atoms with Gasteiger partial charge in [0, 0.05) is 19.5 Å². The third-order valence-electron chi connectivity index (χ3n) is 4.68. The highest BCUT2D eigenvalue weighted by atomic mass is 32.2. The fraction of sp³-hybridized carbons (Fsp3) is 0.588. The lowest BCUT2D eigenvalue weighted by atomic mass is 9.93. The number of nitrogens with zero attached hydrogens (tertiary/aromatic N) is 2. The fourth-order valence-corrected chi connectivity index (χ4v) is 4.49. The molecule has 1 atom stereocenters. The van der Waals surface area contributed by atoms with Gasteiger partial charge in [0.25, 0.3) is 0 Å². The summed E-state index contributed by atoms with van der Waals surface area (Å²) in [5.41, 5.74) is 2.34. The molecule has 0 aliphatic carbocycles. The number of para-hydroxylation sites is 2. The number of aromatic nitrogens is 2. The highest BCUT2D eigenvalue weighted by Gasteiger charge is 2.20. The zero-order valence-electron chi connectivity index (χ0n) is 13.0. The van der Waals surface area contributed by atoms with Crippen molar-refractivity contribution in [2.24, 2.45) is 13.0 Å². The van der Waals surface area contributed by atoms with Crippen molar-refractivity contribution < 1.29 is 0 Å². The Balaban J connectivity index is 1.71. The molecule has 114 valence electrons. The number of rotatable bonds is 5. The van der Waals surface area contributed by atoms with Crippen molar-refractivity contribution in [3.05, 3.63) is 30.1 Å². The maximum atomic E-state index is 4.81. The Morgan fingerprint density at radius 1 is 1.33 bits per heavy atom. The molecule has 21 heavy (non-hydrogen) atoms. The van der Waals surface area contributed by atoms with E-state index in [-0.39, 0.29) is 0 Å². The monoisotopic (exact) mass is 303 g/mol. The maximum Gasteiger partial charge on any atom is 0.111 e. The first-order chi connectivity index (χ1) is 10.3. The first kappa shape index (κ1) is 14.9. The molecule has 1 aromatic carbocycles. The molecule has 1 unspecified atom stereocenters. The van der Waals surface area contributed by atoms with Gasteiger partial charge in [-0.25, -0.2) is 4.98 Å².